The van der Waals surface area contributed by atoms with E-state index >= 15 is 0 Å². The maximum absolute atomic E-state index is 12.4. The molecule has 0 aromatic heterocycles. The second kappa shape index (κ2) is 5.50. The lowest BCUT2D eigenvalue weighted by Gasteiger charge is -2.54. The van der Waals surface area contributed by atoms with Gasteiger partial charge in [-0.3, -0.25) is 10.1 Å². The third-order valence-corrected chi connectivity index (χ3v) is 6.79. The first-order chi connectivity index (χ1) is 13.1. The Morgan fingerprint density at radius 2 is 1.70 bits per heavy atom. The zero-order chi connectivity index (χ0) is 18.0. The number of carbonyl (C=O) groups is 1. The number of guanidine groups is 1. The molecule has 1 aromatic rings. The Kier molecular flexibility index (Phi) is 3.17. The van der Waals surface area contributed by atoms with Crippen molar-refractivity contribution in [3.05, 3.63) is 29.5 Å². The fraction of sp³-hybridized carbons (Fsp3) is 0.524. The van der Waals surface area contributed by atoms with Crippen molar-refractivity contribution >= 4 is 17.9 Å². The van der Waals surface area contributed by atoms with E-state index in [1.807, 2.05) is 24.3 Å². The molecule has 0 atom stereocenters. The maximum Gasteiger partial charge on any atom is 0.274 e. The van der Waals surface area contributed by atoms with E-state index < -0.39 is 0 Å². The lowest BCUT2D eigenvalue weighted by atomic mass is 9.53. The highest BCUT2D eigenvalue weighted by Gasteiger charge is 2.51. The molecule has 0 unspecified atom stereocenters. The second-order valence-electron chi connectivity index (χ2n) is 8.85. The number of nitrogens with zero attached hydrogens (tertiary/aromatic N) is 1. The van der Waals surface area contributed by atoms with Crippen LogP contribution in [-0.2, 0) is 4.79 Å². The molecule has 0 spiro atoms. The van der Waals surface area contributed by atoms with Gasteiger partial charge >= 0.3 is 0 Å². The first-order valence-corrected chi connectivity index (χ1v) is 9.94. The molecule has 1 amide bonds. The molecule has 4 aliphatic carbocycles. The zero-order valence-electron chi connectivity index (χ0n) is 15.2. The largest absolute Gasteiger partial charge is 0.454 e. The minimum Gasteiger partial charge on any atom is -0.454 e. The van der Waals surface area contributed by atoms with Crippen molar-refractivity contribution in [2.75, 3.05) is 6.79 Å². The minimum atomic E-state index is -0.129. The number of rotatable bonds is 2. The molecule has 2 aliphatic heterocycles. The van der Waals surface area contributed by atoms with Crippen LogP contribution in [0.2, 0.25) is 0 Å². The minimum absolute atomic E-state index is 0.0402. The van der Waals surface area contributed by atoms with Crippen molar-refractivity contribution in [1.82, 2.24) is 10.6 Å². The quantitative estimate of drug-likeness (QED) is 0.791. The van der Waals surface area contributed by atoms with Gasteiger partial charge in [0, 0.05) is 0 Å². The summed E-state index contributed by atoms with van der Waals surface area (Å²) in [6, 6.07) is 5.67. The number of ether oxygens (including phenoxy) is 2. The molecular formula is C21H23N3O3. The highest BCUT2D eigenvalue weighted by molar-refractivity contribution is 6.15. The van der Waals surface area contributed by atoms with E-state index in [0.29, 0.717) is 17.4 Å². The van der Waals surface area contributed by atoms with Gasteiger partial charge in [0.2, 0.25) is 12.8 Å². The molecule has 4 saturated carbocycles. The normalized spacial score (nSPS) is 38.5. The first kappa shape index (κ1) is 15.5. The van der Waals surface area contributed by atoms with Gasteiger partial charge in [-0.2, -0.15) is 0 Å². The average molecular weight is 365 g/mol. The second-order valence-corrected chi connectivity index (χ2v) is 8.85. The number of amides is 1. The molecule has 4 bridgehead atoms. The number of carbonyl (C=O) groups excluding carboxylic acids is 1. The summed E-state index contributed by atoms with van der Waals surface area (Å²) in [7, 11) is 0. The van der Waals surface area contributed by atoms with Crippen LogP contribution in [0.3, 0.4) is 0 Å². The third kappa shape index (κ3) is 2.61. The van der Waals surface area contributed by atoms with Crippen molar-refractivity contribution in [2.24, 2.45) is 22.7 Å². The van der Waals surface area contributed by atoms with E-state index in [1.165, 1.54) is 38.5 Å². The molecule has 7 rings (SSSR count). The Morgan fingerprint density at radius 3 is 2.44 bits per heavy atom. The Labute approximate surface area is 158 Å². The fourth-order valence-electron chi connectivity index (χ4n) is 6.16. The molecular weight excluding hydrogens is 342 g/mol. The van der Waals surface area contributed by atoms with Crippen LogP contribution in [0.1, 0.15) is 44.1 Å². The predicted octanol–water partition coefficient (Wildman–Crippen LogP) is 2.80. The van der Waals surface area contributed by atoms with Crippen LogP contribution in [0, 0.1) is 17.8 Å². The van der Waals surface area contributed by atoms with E-state index in [0.717, 1.165) is 29.1 Å². The van der Waals surface area contributed by atoms with Crippen LogP contribution in [0.25, 0.3) is 6.08 Å². The van der Waals surface area contributed by atoms with Gasteiger partial charge in [0.05, 0.1) is 5.54 Å². The Morgan fingerprint density at radius 1 is 1.00 bits per heavy atom. The predicted molar refractivity (Wildman–Crippen MR) is 100 cm³/mol. The molecule has 1 aromatic carbocycles. The van der Waals surface area contributed by atoms with Crippen LogP contribution in [0.4, 0.5) is 0 Å². The number of fused-ring (bicyclic) bond motifs is 1. The summed E-state index contributed by atoms with van der Waals surface area (Å²) in [5, 5.41) is 6.14. The molecule has 1 saturated heterocycles. The van der Waals surface area contributed by atoms with Crippen LogP contribution >= 0.6 is 0 Å². The van der Waals surface area contributed by atoms with Gasteiger partial charge in [-0.05, 0) is 80.1 Å². The summed E-state index contributed by atoms with van der Waals surface area (Å²) in [5.41, 5.74) is 1.46. The van der Waals surface area contributed by atoms with Crippen LogP contribution in [0.15, 0.2) is 28.9 Å². The number of hydrogen-bond donors (Lipinski definition) is 2. The topological polar surface area (TPSA) is 72.0 Å². The molecule has 2 N–H and O–H groups in total. The monoisotopic (exact) mass is 365 g/mol. The summed E-state index contributed by atoms with van der Waals surface area (Å²) in [4.78, 5) is 17.5. The van der Waals surface area contributed by atoms with Crippen molar-refractivity contribution in [3.63, 3.8) is 0 Å². The number of aliphatic imine (C=N–C) groups is 1. The van der Waals surface area contributed by atoms with Crippen molar-refractivity contribution in [3.8, 4) is 11.5 Å². The van der Waals surface area contributed by atoms with E-state index in [2.05, 4.69) is 10.6 Å². The van der Waals surface area contributed by atoms with E-state index in [4.69, 9.17) is 14.5 Å². The van der Waals surface area contributed by atoms with E-state index in [9.17, 15) is 4.79 Å². The standard InChI is InChI=1S/C21H23N3O3/c25-19-16(6-12-1-2-17-18(7-12)27-11-26-17)22-20(23-19)24-21-8-13-3-14(9-21)5-15(4-13)10-21/h1-2,6-7,13-15H,3-5,8-11H2,(H2,22,23,24,25)/b16-6-. The van der Waals surface area contributed by atoms with Crippen LogP contribution in [0.5, 0.6) is 11.5 Å². The van der Waals surface area contributed by atoms with Gasteiger partial charge in [-0.25, -0.2) is 4.99 Å². The number of benzene rings is 1. The number of hydrogen-bond acceptors (Lipinski definition) is 4. The summed E-state index contributed by atoms with van der Waals surface area (Å²) in [6.45, 7) is 0.246. The van der Waals surface area contributed by atoms with Crippen molar-refractivity contribution in [1.29, 1.82) is 0 Å². The smallest absolute Gasteiger partial charge is 0.274 e. The molecule has 5 fully saturated rings. The van der Waals surface area contributed by atoms with Gasteiger partial charge in [0.1, 0.15) is 5.70 Å². The zero-order valence-corrected chi connectivity index (χ0v) is 15.2. The fourth-order valence-corrected chi connectivity index (χ4v) is 6.16. The summed E-state index contributed by atoms with van der Waals surface area (Å²) in [5.74, 6) is 4.45. The maximum atomic E-state index is 12.4. The van der Waals surface area contributed by atoms with Crippen molar-refractivity contribution < 1.29 is 14.3 Å². The first-order valence-electron chi connectivity index (χ1n) is 9.94. The Bertz CT molecular complexity index is 853. The average Bonchev–Trinajstić information content (AvgIpc) is 3.19. The van der Waals surface area contributed by atoms with Gasteiger partial charge in [0.25, 0.3) is 5.91 Å². The molecule has 27 heavy (non-hydrogen) atoms. The van der Waals surface area contributed by atoms with E-state index in [1.54, 1.807) is 0 Å². The highest BCUT2D eigenvalue weighted by atomic mass is 16.7. The molecule has 0 radical (unpaired) electrons. The van der Waals surface area contributed by atoms with Crippen LogP contribution in [-0.4, -0.2) is 24.2 Å². The Balaban J connectivity index is 1.25. The number of nitrogens with one attached hydrogen (secondary N) is 2. The van der Waals surface area contributed by atoms with Gasteiger partial charge in [-0.15, -0.1) is 0 Å². The highest BCUT2D eigenvalue weighted by Crippen LogP contribution is 2.57. The van der Waals surface area contributed by atoms with Gasteiger partial charge in [-0.1, -0.05) is 6.07 Å². The van der Waals surface area contributed by atoms with E-state index in [-0.39, 0.29) is 18.2 Å². The lowest BCUT2D eigenvalue weighted by Crippen LogP contribution is -2.50. The molecule has 6 aliphatic rings. The third-order valence-electron chi connectivity index (χ3n) is 6.79. The molecule has 6 nitrogen and oxygen atoms in total. The molecule has 140 valence electrons. The summed E-state index contributed by atoms with van der Waals surface area (Å²) < 4.78 is 10.8. The summed E-state index contributed by atoms with van der Waals surface area (Å²) >= 11 is 0. The van der Waals surface area contributed by atoms with Crippen molar-refractivity contribution in [2.45, 2.75) is 44.1 Å². The molecule has 6 heteroatoms. The summed E-state index contributed by atoms with van der Waals surface area (Å²) in [6.07, 6.45) is 9.54. The molecule has 2 heterocycles. The van der Waals surface area contributed by atoms with Crippen LogP contribution < -0.4 is 20.1 Å². The Hall–Kier alpha value is -2.50. The SMILES string of the molecule is O=C1NC(=NC23CC4CC(CC(C4)C2)C3)N/C1=C\c1ccc2c(c1)OCO2. The lowest BCUT2D eigenvalue weighted by molar-refractivity contribution is -0.115. The van der Waals surface area contributed by atoms with Gasteiger partial charge in [0.15, 0.2) is 11.5 Å². The van der Waals surface area contributed by atoms with Gasteiger partial charge < -0.3 is 14.8 Å².